The van der Waals surface area contributed by atoms with Gasteiger partial charge in [0.15, 0.2) is 0 Å². The number of rotatable bonds is 8. The van der Waals surface area contributed by atoms with E-state index < -0.39 is 0 Å². The van der Waals surface area contributed by atoms with E-state index in [0.29, 0.717) is 69.6 Å². The van der Waals surface area contributed by atoms with Gasteiger partial charge in [-0.1, -0.05) is 0 Å². The average molecular weight is 409 g/mol. The first-order valence-corrected chi connectivity index (χ1v) is 9.92. The molecule has 1 fully saturated rings. The normalized spacial score (nSPS) is 14.1. The number of carbonyl (C=O) groups excluding carboxylic acids is 3. The van der Waals surface area contributed by atoms with Crippen LogP contribution in [0.3, 0.4) is 0 Å². The van der Waals surface area contributed by atoms with Gasteiger partial charge in [0, 0.05) is 52.8 Å². The highest BCUT2D eigenvalue weighted by atomic mass is 16.6. The summed E-state index contributed by atoms with van der Waals surface area (Å²) in [6, 6.07) is 1.72. The Morgan fingerprint density at radius 3 is 2.31 bits per heavy atom. The number of nitrogens with zero attached hydrogens (tertiary/aromatic N) is 3. The van der Waals surface area contributed by atoms with Gasteiger partial charge in [-0.05, 0) is 26.8 Å². The van der Waals surface area contributed by atoms with Gasteiger partial charge in [0.05, 0.1) is 18.8 Å². The highest BCUT2D eigenvalue weighted by molar-refractivity contribution is 5.95. The zero-order valence-electron chi connectivity index (χ0n) is 17.7. The molecular formula is C20H31N3O6. The molecule has 0 unspecified atom stereocenters. The van der Waals surface area contributed by atoms with Gasteiger partial charge in [-0.2, -0.15) is 0 Å². The van der Waals surface area contributed by atoms with E-state index in [1.54, 1.807) is 48.6 Å². The second kappa shape index (κ2) is 10.8. The number of hydrogen-bond donors (Lipinski definition) is 0. The monoisotopic (exact) mass is 409 g/mol. The van der Waals surface area contributed by atoms with E-state index in [1.807, 2.05) is 0 Å². The zero-order valence-corrected chi connectivity index (χ0v) is 17.7. The van der Waals surface area contributed by atoms with Crippen molar-refractivity contribution in [2.45, 2.75) is 27.2 Å². The maximum atomic E-state index is 12.9. The lowest BCUT2D eigenvalue weighted by Crippen LogP contribution is -2.51. The zero-order chi connectivity index (χ0) is 21.4. The van der Waals surface area contributed by atoms with Crippen molar-refractivity contribution in [3.8, 4) is 0 Å². The van der Waals surface area contributed by atoms with Gasteiger partial charge in [0.25, 0.3) is 5.91 Å². The van der Waals surface area contributed by atoms with E-state index in [-0.39, 0.29) is 24.3 Å². The molecule has 0 aliphatic carbocycles. The van der Waals surface area contributed by atoms with Crippen LogP contribution in [0.15, 0.2) is 10.5 Å². The van der Waals surface area contributed by atoms with Crippen LogP contribution < -0.4 is 0 Å². The molecule has 9 heteroatoms. The number of hydrogen-bond acceptors (Lipinski definition) is 6. The van der Waals surface area contributed by atoms with Crippen molar-refractivity contribution in [3.63, 3.8) is 0 Å². The van der Waals surface area contributed by atoms with Crippen molar-refractivity contribution < 1.29 is 28.3 Å². The minimum Gasteiger partial charge on any atom is -0.466 e. The van der Waals surface area contributed by atoms with Crippen molar-refractivity contribution in [1.82, 2.24) is 14.7 Å². The summed E-state index contributed by atoms with van der Waals surface area (Å²) in [5.41, 5.74) is 0.508. The quantitative estimate of drug-likeness (QED) is 0.649. The van der Waals surface area contributed by atoms with Crippen molar-refractivity contribution in [3.05, 3.63) is 23.2 Å². The highest BCUT2D eigenvalue weighted by Crippen LogP contribution is 2.16. The Morgan fingerprint density at radius 2 is 1.76 bits per heavy atom. The molecule has 29 heavy (non-hydrogen) atoms. The van der Waals surface area contributed by atoms with Gasteiger partial charge in [-0.3, -0.25) is 9.59 Å². The van der Waals surface area contributed by atoms with Crippen molar-refractivity contribution in [1.29, 1.82) is 0 Å². The Morgan fingerprint density at radius 1 is 1.10 bits per heavy atom. The molecule has 9 nitrogen and oxygen atoms in total. The predicted octanol–water partition coefficient (Wildman–Crippen LogP) is 1.68. The number of methoxy groups -OCH3 is 1. The summed E-state index contributed by atoms with van der Waals surface area (Å²) in [6.45, 7) is 8.53. The smallest absolute Gasteiger partial charge is 0.409 e. The maximum Gasteiger partial charge on any atom is 0.409 e. The summed E-state index contributed by atoms with van der Waals surface area (Å²) in [7, 11) is 1.57. The second-order valence-corrected chi connectivity index (χ2v) is 6.93. The summed E-state index contributed by atoms with van der Waals surface area (Å²) in [4.78, 5) is 42.2. The Balaban J connectivity index is 1.90. The first-order valence-electron chi connectivity index (χ1n) is 9.92. The number of aryl methyl sites for hydroxylation is 2. The number of amides is 3. The van der Waals surface area contributed by atoms with Gasteiger partial charge in [-0.25, -0.2) is 4.79 Å². The SMILES string of the molecule is CCOC(=O)N1CCN(C(=O)CCN(CCOC)C(=O)c2cc(C)oc2C)CC1. The number of furan rings is 1. The Hall–Kier alpha value is -2.55. The van der Waals surface area contributed by atoms with E-state index in [4.69, 9.17) is 13.9 Å². The van der Waals surface area contributed by atoms with Gasteiger partial charge < -0.3 is 28.6 Å². The Labute approximate surface area is 171 Å². The summed E-state index contributed by atoms with van der Waals surface area (Å²) in [5.74, 6) is 1.03. The first-order chi connectivity index (χ1) is 13.9. The number of piperazine rings is 1. The summed E-state index contributed by atoms with van der Waals surface area (Å²) in [6.07, 6.45) is -0.133. The van der Waals surface area contributed by atoms with Crippen molar-refractivity contribution in [2.75, 3.05) is 59.6 Å². The Bertz CT molecular complexity index is 709. The fourth-order valence-electron chi connectivity index (χ4n) is 3.27. The van der Waals surface area contributed by atoms with Crippen LogP contribution >= 0.6 is 0 Å². The van der Waals surface area contributed by atoms with Gasteiger partial charge in [0.2, 0.25) is 5.91 Å². The lowest BCUT2D eigenvalue weighted by Gasteiger charge is -2.34. The topological polar surface area (TPSA) is 92.5 Å². The number of carbonyl (C=O) groups is 3. The highest BCUT2D eigenvalue weighted by Gasteiger charge is 2.26. The molecular weight excluding hydrogens is 378 g/mol. The van der Waals surface area contributed by atoms with Crippen LogP contribution in [0.5, 0.6) is 0 Å². The molecule has 1 aliphatic heterocycles. The Kier molecular flexibility index (Phi) is 8.50. The van der Waals surface area contributed by atoms with Crippen molar-refractivity contribution >= 4 is 17.9 Å². The lowest BCUT2D eigenvalue weighted by molar-refractivity contribution is -0.133. The molecule has 2 heterocycles. The fourth-order valence-corrected chi connectivity index (χ4v) is 3.27. The molecule has 0 spiro atoms. The first kappa shape index (κ1) is 22.7. The van der Waals surface area contributed by atoms with Crippen LogP contribution in [0.4, 0.5) is 4.79 Å². The molecule has 0 bridgehead atoms. The van der Waals surface area contributed by atoms with E-state index in [2.05, 4.69) is 0 Å². The van der Waals surface area contributed by atoms with Crippen LogP contribution in [0, 0.1) is 13.8 Å². The molecule has 2 rings (SSSR count). The predicted molar refractivity (Wildman–Crippen MR) is 106 cm³/mol. The third-order valence-corrected chi connectivity index (χ3v) is 4.88. The van der Waals surface area contributed by atoms with Gasteiger partial charge in [0.1, 0.15) is 11.5 Å². The van der Waals surface area contributed by atoms with Crippen LogP contribution in [0.2, 0.25) is 0 Å². The standard InChI is InChI=1S/C20H31N3O6/c1-5-28-20(26)23-10-8-21(9-11-23)18(24)6-7-22(12-13-27-4)19(25)17-14-15(2)29-16(17)3/h14H,5-13H2,1-4H3. The second-order valence-electron chi connectivity index (χ2n) is 6.93. The van der Waals surface area contributed by atoms with Gasteiger partial charge >= 0.3 is 6.09 Å². The van der Waals surface area contributed by atoms with E-state index in [9.17, 15) is 14.4 Å². The fraction of sp³-hybridized carbons (Fsp3) is 0.650. The molecule has 0 saturated carbocycles. The molecule has 1 aliphatic rings. The van der Waals surface area contributed by atoms with Crippen molar-refractivity contribution in [2.24, 2.45) is 0 Å². The van der Waals surface area contributed by atoms with Crippen LogP contribution in [0.25, 0.3) is 0 Å². The molecule has 1 saturated heterocycles. The molecule has 1 aromatic heterocycles. The van der Waals surface area contributed by atoms with E-state index >= 15 is 0 Å². The minimum absolute atomic E-state index is 0.0381. The number of ether oxygens (including phenoxy) is 2. The van der Waals surface area contributed by atoms with E-state index in [0.717, 1.165) is 0 Å². The molecule has 3 amide bonds. The summed E-state index contributed by atoms with van der Waals surface area (Å²) >= 11 is 0. The van der Waals surface area contributed by atoms with Crippen LogP contribution in [-0.2, 0) is 14.3 Å². The molecule has 0 N–H and O–H groups in total. The van der Waals surface area contributed by atoms with E-state index in [1.165, 1.54) is 0 Å². The summed E-state index contributed by atoms with van der Waals surface area (Å²) in [5, 5.41) is 0. The molecule has 0 atom stereocenters. The maximum absolute atomic E-state index is 12.9. The average Bonchev–Trinajstić information content (AvgIpc) is 3.05. The largest absolute Gasteiger partial charge is 0.466 e. The molecule has 0 radical (unpaired) electrons. The minimum atomic E-state index is -0.346. The molecule has 0 aromatic carbocycles. The third kappa shape index (κ3) is 6.22. The third-order valence-electron chi connectivity index (χ3n) is 4.88. The molecule has 162 valence electrons. The van der Waals surface area contributed by atoms with Crippen LogP contribution in [-0.4, -0.2) is 92.2 Å². The van der Waals surface area contributed by atoms with Crippen LogP contribution in [0.1, 0.15) is 35.2 Å². The lowest BCUT2D eigenvalue weighted by atomic mass is 10.2. The van der Waals surface area contributed by atoms with Gasteiger partial charge in [-0.15, -0.1) is 0 Å². The summed E-state index contributed by atoms with van der Waals surface area (Å²) < 4.78 is 15.6. The molecule has 1 aromatic rings.